The predicted molar refractivity (Wildman–Crippen MR) is 108 cm³/mol. The van der Waals surface area contributed by atoms with Crippen LogP contribution in [0.3, 0.4) is 0 Å². The summed E-state index contributed by atoms with van der Waals surface area (Å²) in [4.78, 5) is 41.3. The summed E-state index contributed by atoms with van der Waals surface area (Å²) in [7, 11) is 0. The number of ketones is 1. The van der Waals surface area contributed by atoms with Crippen LogP contribution in [0.1, 0.15) is 33.2 Å². The molecule has 0 unspecified atom stereocenters. The van der Waals surface area contributed by atoms with Crippen molar-refractivity contribution in [3.05, 3.63) is 70.2 Å². The van der Waals surface area contributed by atoms with Gasteiger partial charge in [-0.15, -0.1) is 0 Å². The van der Waals surface area contributed by atoms with Gasteiger partial charge in [-0.3, -0.25) is 9.59 Å². The van der Waals surface area contributed by atoms with E-state index in [1.54, 1.807) is 58.3 Å². The Morgan fingerprint density at radius 3 is 2.07 bits per heavy atom. The Hall–Kier alpha value is -2.86. The molecule has 0 spiro atoms. The smallest absolute Gasteiger partial charge is 0.317 e. The van der Waals surface area contributed by atoms with Crippen molar-refractivity contribution in [2.45, 2.75) is 6.92 Å². The van der Waals surface area contributed by atoms with Crippen LogP contribution in [0.15, 0.2) is 48.5 Å². The van der Waals surface area contributed by atoms with Crippen LogP contribution >= 0.6 is 11.6 Å². The highest BCUT2D eigenvalue weighted by molar-refractivity contribution is 6.30. The van der Waals surface area contributed by atoms with Crippen LogP contribution in [-0.2, 0) is 0 Å². The minimum absolute atomic E-state index is 0.118. The van der Waals surface area contributed by atoms with Gasteiger partial charge in [0.2, 0.25) is 0 Å². The molecular formula is C21H22ClN3O3. The third kappa shape index (κ3) is 4.34. The molecule has 3 amide bonds. The first kappa shape index (κ1) is 19.9. The highest BCUT2D eigenvalue weighted by Crippen LogP contribution is 2.19. The molecule has 1 saturated heterocycles. The van der Waals surface area contributed by atoms with Gasteiger partial charge in [0.1, 0.15) is 0 Å². The molecule has 6 nitrogen and oxygen atoms in total. The minimum Gasteiger partial charge on any atom is -0.338 e. The number of amides is 3. The van der Waals surface area contributed by atoms with E-state index in [9.17, 15) is 14.4 Å². The number of urea groups is 1. The molecule has 2 aromatic carbocycles. The molecule has 3 rings (SSSR count). The Morgan fingerprint density at radius 1 is 0.893 bits per heavy atom. The summed E-state index contributed by atoms with van der Waals surface area (Å²) in [5.74, 6) is -0.421. The van der Waals surface area contributed by atoms with E-state index in [-0.39, 0.29) is 17.7 Å². The van der Waals surface area contributed by atoms with Crippen molar-refractivity contribution in [2.24, 2.45) is 0 Å². The molecule has 1 heterocycles. The van der Waals surface area contributed by atoms with Crippen LogP contribution in [0.5, 0.6) is 0 Å². The van der Waals surface area contributed by atoms with Crippen LogP contribution in [-0.4, -0.2) is 60.2 Å². The average Bonchev–Trinajstić information content (AvgIpc) is 2.73. The maximum absolute atomic E-state index is 13.0. The van der Waals surface area contributed by atoms with E-state index < -0.39 is 0 Å². The first-order valence-electron chi connectivity index (χ1n) is 9.22. The number of hydrogen-bond acceptors (Lipinski definition) is 3. The van der Waals surface area contributed by atoms with Crippen LogP contribution in [0.25, 0.3) is 0 Å². The van der Waals surface area contributed by atoms with Crippen LogP contribution < -0.4 is 5.32 Å². The fraction of sp³-hybridized carbons (Fsp3) is 0.286. The van der Waals surface area contributed by atoms with E-state index in [2.05, 4.69) is 5.32 Å². The zero-order valence-electron chi connectivity index (χ0n) is 15.7. The van der Waals surface area contributed by atoms with Gasteiger partial charge in [-0.25, -0.2) is 4.79 Å². The number of piperazine rings is 1. The maximum atomic E-state index is 13.0. The summed E-state index contributed by atoms with van der Waals surface area (Å²) < 4.78 is 0. The summed E-state index contributed by atoms with van der Waals surface area (Å²) in [6, 6.07) is 13.3. The normalized spacial score (nSPS) is 13.9. The predicted octanol–water partition coefficient (Wildman–Crippen LogP) is 3.06. The van der Waals surface area contributed by atoms with Gasteiger partial charge < -0.3 is 15.1 Å². The largest absolute Gasteiger partial charge is 0.338 e. The molecule has 1 aliphatic rings. The number of hydrogen-bond donors (Lipinski definition) is 1. The number of benzene rings is 2. The summed E-state index contributed by atoms with van der Waals surface area (Å²) in [5.41, 5.74) is 1.21. The Labute approximate surface area is 169 Å². The number of rotatable bonds is 4. The highest BCUT2D eigenvalue weighted by Gasteiger charge is 2.27. The fourth-order valence-electron chi connectivity index (χ4n) is 3.17. The zero-order valence-corrected chi connectivity index (χ0v) is 16.4. The van der Waals surface area contributed by atoms with E-state index in [0.29, 0.717) is 54.4 Å². The van der Waals surface area contributed by atoms with Crippen molar-refractivity contribution in [3.8, 4) is 0 Å². The van der Waals surface area contributed by atoms with Crippen molar-refractivity contribution in [1.29, 1.82) is 0 Å². The maximum Gasteiger partial charge on any atom is 0.317 e. The third-order valence-corrected chi connectivity index (χ3v) is 4.94. The molecular weight excluding hydrogens is 378 g/mol. The average molecular weight is 400 g/mol. The molecule has 0 radical (unpaired) electrons. The number of nitrogens with one attached hydrogen (secondary N) is 1. The van der Waals surface area contributed by atoms with Gasteiger partial charge in [0, 0.05) is 48.9 Å². The molecule has 7 heteroatoms. The Kier molecular flexibility index (Phi) is 6.31. The molecule has 1 fully saturated rings. The van der Waals surface area contributed by atoms with Gasteiger partial charge in [0.05, 0.1) is 5.56 Å². The van der Waals surface area contributed by atoms with Crippen LogP contribution in [0.2, 0.25) is 5.02 Å². The number of halogens is 1. The standard InChI is InChI=1S/C21H22ClN3O3/c1-2-23-21(28)25-13-11-24(12-14-25)20(27)18-6-4-3-5-17(18)19(26)15-7-9-16(22)10-8-15/h3-10H,2,11-14H2,1H3,(H,23,28). The minimum atomic E-state index is -0.221. The molecule has 0 bridgehead atoms. The molecule has 2 aromatic rings. The molecule has 0 aliphatic carbocycles. The van der Waals surface area contributed by atoms with Gasteiger partial charge in [-0.1, -0.05) is 29.8 Å². The molecule has 28 heavy (non-hydrogen) atoms. The van der Waals surface area contributed by atoms with Crippen molar-refractivity contribution in [3.63, 3.8) is 0 Å². The van der Waals surface area contributed by atoms with Crippen molar-refractivity contribution < 1.29 is 14.4 Å². The lowest BCUT2D eigenvalue weighted by Crippen LogP contribution is -2.53. The summed E-state index contributed by atoms with van der Waals surface area (Å²) >= 11 is 5.89. The van der Waals surface area contributed by atoms with E-state index in [4.69, 9.17) is 11.6 Å². The third-order valence-electron chi connectivity index (χ3n) is 4.69. The zero-order chi connectivity index (χ0) is 20.1. The van der Waals surface area contributed by atoms with Gasteiger partial charge in [-0.05, 0) is 37.3 Å². The Bertz CT molecular complexity index is 875. The highest BCUT2D eigenvalue weighted by atomic mass is 35.5. The molecule has 1 aliphatic heterocycles. The van der Waals surface area contributed by atoms with E-state index in [1.807, 2.05) is 6.92 Å². The molecule has 1 N–H and O–H groups in total. The van der Waals surface area contributed by atoms with Crippen molar-refractivity contribution in [1.82, 2.24) is 15.1 Å². The summed E-state index contributed by atoms with van der Waals surface area (Å²) in [6.07, 6.45) is 0. The van der Waals surface area contributed by atoms with Gasteiger partial charge in [-0.2, -0.15) is 0 Å². The van der Waals surface area contributed by atoms with E-state index >= 15 is 0 Å². The number of carbonyl (C=O) groups is 3. The Balaban J connectivity index is 1.76. The first-order valence-corrected chi connectivity index (χ1v) is 9.60. The second-order valence-corrected chi connectivity index (χ2v) is 6.93. The van der Waals surface area contributed by atoms with E-state index in [1.165, 1.54) is 0 Å². The monoisotopic (exact) mass is 399 g/mol. The summed E-state index contributed by atoms with van der Waals surface area (Å²) in [6.45, 7) is 4.22. The van der Waals surface area contributed by atoms with Gasteiger partial charge >= 0.3 is 6.03 Å². The Morgan fingerprint density at radius 2 is 1.46 bits per heavy atom. The van der Waals surface area contributed by atoms with Gasteiger partial charge in [0.15, 0.2) is 5.78 Å². The molecule has 0 atom stereocenters. The lowest BCUT2D eigenvalue weighted by molar-refractivity contribution is 0.0662. The quantitative estimate of drug-likeness (QED) is 0.803. The fourth-order valence-corrected chi connectivity index (χ4v) is 3.30. The second-order valence-electron chi connectivity index (χ2n) is 6.50. The number of carbonyl (C=O) groups excluding carboxylic acids is 3. The van der Waals surface area contributed by atoms with Crippen LogP contribution in [0, 0.1) is 0 Å². The van der Waals surface area contributed by atoms with Crippen molar-refractivity contribution >= 4 is 29.3 Å². The topological polar surface area (TPSA) is 69.7 Å². The van der Waals surface area contributed by atoms with Crippen LogP contribution in [0.4, 0.5) is 4.79 Å². The molecule has 146 valence electrons. The lowest BCUT2D eigenvalue weighted by atomic mass is 9.97. The second kappa shape index (κ2) is 8.89. The molecule has 0 saturated carbocycles. The van der Waals surface area contributed by atoms with E-state index in [0.717, 1.165) is 0 Å². The van der Waals surface area contributed by atoms with Gasteiger partial charge in [0.25, 0.3) is 5.91 Å². The van der Waals surface area contributed by atoms with Crippen molar-refractivity contribution in [2.75, 3.05) is 32.7 Å². The first-order chi connectivity index (χ1) is 13.5. The lowest BCUT2D eigenvalue weighted by Gasteiger charge is -2.35. The molecule has 0 aromatic heterocycles. The SMILES string of the molecule is CCNC(=O)N1CCN(C(=O)c2ccccc2C(=O)c2ccc(Cl)cc2)CC1. The number of nitrogens with zero attached hydrogens (tertiary/aromatic N) is 2. The summed E-state index contributed by atoms with van der Waals surface area (Å²) in [5, 5.41) is 3.31.